The number of hydrogen-bond donors (Lipinski definition) is 1. The molecular weight excluding hydrogens is 643 g/mol. The summed E-state index contributed by atoms with van der Waals surface area (Å²) < 4.78 is 17.0. The van der Waals surface area contributed by atoms with Crippen LogP contribution in [0.25, 0.3) is 33.2 Å². The van der Waals surface area contributed by atoms with Crippen LogP contribution >= 0.6 is 11.6 Å². The first kappa shape index (κ1) is 33.7. The number of carbonyl (C=O) groups excluding carboxylic acids is 3. The van der Waals surface area contributed by atoms with Gasteiger partial charge in [0, 0.05) is 75.8 Å². The van der Waals surface area contributed by atoms with Crippen LogP contribution in [-0.4, -0.2) is 49.4 Å². The molecule has 2 amide bonds. The quantitative estimate of drug-likeness (QED) is 0.106. The van der Waals surface area contributed by atoms with Crippen LogP contribution in [0.2, 0.25) is 5.02 Å². The molecule has 1 N–H and O–H groups in total. The van der Waals surface area contributed by atoms with Gasteiger partial charge in [0.25, 0.3) is 5.91 Å². The number of aromatic nitrogens is 3. The van der Waals surface area contributed by atoms with Crippen molar-refractivity contribution < 1.29 is 18.8 Å². The van der Waals surface area contributed by atoms with E-state index in [1.807, 2.05) is 25.1 Å². The summed E-state index contributed by atoms with van der Waals surface area (Å²) in [4.78, 5) is 47.2. The highest BCUT2D eigenvalue weighted by molar-refractivity contribution is 6.33. The van der Waals surface area contributed by atoms with E-state index in [9.17, 15) is 14.4 Å². The van der Waals surface area contributed by atoms with E-state index >= 15 is 4.39 Å². The highest BCUT2D eigenvalue weighted by Gasteiger charge is 2.27. The van der Waals surface area contributed by atoms with Crippen LogP contribution in [-0.2, 0) is 16.1 Å². The standard InChI is InChI=1S/C38H36ClFN6O3/c1-24(47)32-22-45(35-16-15-26(19-31(32)35)27-20-41-25(2)42-21-27)23-37(49)46-28(17-18-43-46)9-4-3-5-14-36(48)44-34-13-8-11-30(38(34)40)29-10-6-7-12-33(29)39/h6-8,10-13,15-16,18-22,28H,3-5,9,14,17,23H2,1-2H3,(H,44,48). The van der Waals surface area contributed by atoms with E-state index in [0.29, 0.717) is 40.4 Å². The minimum atomic E-state index is -0.525. The summed E-state index contributed by atoms with van der Waals surface area (Å²) in [5, 5.41) is 9.80. The van der Waals surface area contributed by atoms with Crippen molar-refractivity contribution in [3.63, 3.8) is 0 Å². The average molecular weight is 679 g/mol. The van der Waals surface area contributed by atoms with Crippen LogP contribution in [0.5, 0.6) is 0 Å². The lowest BCUT2D eigenvalue weighted by Crippen LogP contribution is -2.35. The number of ketones is 1. The largest absolute Gasteiger partial charge is 0.337 e. The number of anilines is 1. The number of rotatable bonds is 12. The maximum absolute atomic E-state index is 15.2. The highest BCUT2D eigenvalue weighted by Crippen LogP contribution is 2.33. The minimum Gasteiger partial charge on any atom is -0.337 e. The van der Waals surface area contributed by atoms with Crippen molar-refractivity contribution >= 4 is 52.0 Å². The average Bonchev–Trinajstić information content (AvgIpc) is 3.71. The molecule has 2 aromatic heterocycles. The first-order chi connectivity index (χ1) is 23.7. The second-order valence-corrected chi connectivity index (χ2v) is 12.6. The summed E-state index contributed by atoms with van der Waals surface area (Å²) in [5.74, 6) is -0.366. The Hall–Kier alpha value is -5.22. The molecule has 49 heavy (non-hydrogen) atoms. The van der Waals surface area contributed by atoms with E-state index in [1.54, 1.807) is 70.8 Å². The second kappa shape index (κ2) is 14.9. The SMILES string of the molecule is CC(=O)c1cn(CC(=O)N2N=CCC2CCCCCC(=O)Nc2cccc(-c3ccccc3Cl)c2F)c2ccc(-c3cnc(C)nc3)cc12. The van der Waals surface area contributed by atoms with Gasteiger partial charge in [-0.3, -0.25) is 14.4 Å². The Morgan fingerprint density at radius 1 is 0.959 bits per heavy atom. The molecule has 0 fully saturated rings. The lowest BCUT2D eigenvalue weighted by Gasteiger charge is -2.22. The number of amides is 2. The van der Waals surface area contributed by atoms with Crippen molar-refractivity contribution in [3.8, 4) is 22.3 Å². The van der Waals surface area contributed by atoms with Gasteiger partial charge in [0.2, 0.25) is 5.91 Å². The van der Waals surface area contributed by atoms with E-state index in [4.69, 9.17) is 11.6 Å². The molecule has 0 aliphatic carbocycles. The zero-order valence-electron chi connectivity index (χ0n) is 27.3. The summed E-state index contributed by atoms with van der Waals surface area (Å²) in [6, 6.07) is 17.6. The van der Waals surface area contributed by atoms with Gasteiger partial charge in [0.05, 0.1) is 11.7 Å². The van der Waals surface area contributed by atoms with E-state index < -0.39 is 5.82 Å². The topological polar surface area (TPSA) is 110 Å². The summed E-state index contributed by atoms with van der Waals surface area (Å²) in [6.07, 6.45) is 10.8. The Kier molecular flexibility index (Phi) is 10.2. The Morgan fingerprint density at radius 3 is 2.51 bits per heavy atom. The first-order valence-electron chi connectivity index (χ1n) is 16.3. The van der Waals surface area contributed by atoms with E-state index in [1.165, 1.54) is 13.0 Å². The van der Waals surface area contributed by atoms with Crippen LogP contribution in [0, 0.1) is 12.7 Å². The number of hydrogen-bond acceptors (Lipinski definition) is 6. The number of halogens is 2. The fourth-order valence-electron chi connectivity index (χ4n) is 6.18. The third-order valence-electron chi connectivity index (χ3n) is 8.74. The molecule has 1 atom stereocenters. The van der Waals surface area contributed by atoms with Crippen molar-refractivity contribution in [2.24, 2.45) is 5.10 Å². The third-order valence-corrected chi connectivity index (χ3v) is 9.07. The molecule has 3 heterocycles. The molecule has 1 aliphatic heterocycles. The molecule has 3 aromatic carbocycles. The molecule has 5 aromatic rings. The Balaban J connectivity index is 1.02. The molecule has 1 aliphatic rings. The molecule has 0 bridgehead atoms. The Bertz CT molecular complexity index is 2060. The Morgan fingerprint density at radius 2 is 1.73 bits per heavy atom. The predicted molar refractivity (Wildman–Crippen MR) is 190 cm³/mol. The molecule has 1 unspecified atom stereocenters. The summed E-state index contributed by atoms with van der Waals surface area (Å²) in [6.45, 7) is 3.38. The lowest BCUT2D eigenvalue weighted by molar-refractivity contribution is -0.133. The normalized spacial score (nSPS) is 14.0. The van der Waals surface area contributed by atoms with E-state index in [2.05, 4.69) is 20.4 Å². The fraction of sp³-hybridized carbons (Fsp3) is 0.263. The molecule has 0 saturated carbocycles. The number of carbonyl (C=O) groups is 3. The molecule has 0 spiro atoms. The number of nitrogens with zero attached hydrogens (tertiary/aromatic N) is 5. The smallest absolute Gasteiger partial charge is 0.262 e. The number of aryl methyl sites for hydroxylation is 1. The van der Waals surface area contributed by atoms with E-state index in [-0.39, 0.29) is 42.3 Å². The van der Waals surface area contributed by atoms with Gasteiger partial charge in [0.1, 0.15) is 12.4 Å². The zero-order valence-corrected chi connectivity index (χ0v) is 28.1. The van der Waals surface area contributed by atoms with Crippen LogP contribution < -0.4 is 5.32 Å². The summed E-state index contributed by atoms with van der Waals surface area (Å²) >= 11 is 6.26. The van der Waals surface area contributed by atoms with Gasteiger partial charge in [-0.15, -0.1) is 0 Å². The lowest BCUT2D eigenvalue weighted by atomic mass is 10.0. The molecule has 11 heteroatoms. The molecule has 0 radical (unpaired) electrons. The van der Waals surface area contributed by atoms with Crippen molar-refractivity contribution in [1.82, 2.24) is 19.5 Å². The van der Waals surface area contributed by atoms with Crippen LogP contribution in [0.15, 0.2) is 84.4 Å². The highest BCUT2D eigenvalue weighted by atomic mass is 35.5. The number of unbranched alkanes of at least 4 members (excludes halogenated alkanes) is 2. The van der Waals surface area contributed by atoms with Crippen molar-refractivity contribution in [1.29, 1.82) is 0 Å². The number of Topliss-reactive ketones (excluding diaryl/α,β-unsaturated/α-hetero) is 1. The number of nitrogens with one attached hydrogen (secondary N) is 1. The Labute approximate surface area is 288 Å². The molecular formula is C38H36ClFN6O3. The van der Waals surface area contributed by atoms with Crippen molar-refractivity contribution in [2.75, 3.05) is 5.32 Å². The third kappa shape index (κ3) is 7.60. The molecule has 250 valence electrons. The first-order valence-corrected chi connectivity index (χ1v) is 16.7. The van der Waals surface area contributed by atoms with Gasteiger partial charge in [-0.25, -0.2) is 19.4 Å². The number of hydrazone groups is 1. The van der Waals surface area contributed by atoms with Crippen LogP contribution in [0.4, 0.5) is 10.1 Å². The fourth-order valence-corrected chi connectivity index (χ4v) is 6.42. The van der Waals surface area contributed by atoms with Gasteiger partial charge >= 0.3 is 0 Å². The maximum Gasteiger partial charge on any atom is 0.262 e. The van der Waals surface area contributed by atoms with Gasteiger partial charge in [0.15, 0.2) is 11.6 Å². The predicted octanol–water partition coefficient (Wildman–Crippen LogP) is 8.24. The van der Waals surface area contributed by atoms with Gasteiger partial charge in [-0.05, 0) is 56.5 Å². The maximum atomic E-state index is 15.2. The van der Waals surface area contributed by atoms with Gasteiger partial charge < -0.3 is 9.88 Å². The molecule has 6 rings (SSSR count). The number of fused-ring (bicyclic) bond motifs is 1. The molecule has 0 saturated heterocycles. The van der Waals surface area contributed by atoms with E-state index in [0.717, 1.165) is 41.3 Å². The van der Waals surface area contributed by atoms with Crippen LogP contribution in [0.3, 0.4) is 0 Å². The zero-order chi connectivity index (χ0) is 34.5. The van der Waals surface area contributed by atoms with Crippen molar-refractivity contribution in [2.45, 2.75) is 65.0 Å². The summed E-state index contributed by atoms with van der Waals surface area (Å²) in [5.41, 5.74) is 4.06. The minimum absolute atomic E-state index is 0.0407. The van der Waals surface area contributed by atoms with Gasteiger partial charge in [-0.2, -0.15) is 5.10 Å². The second-order valence-electron chi connectivity index (χ2n) is 12.2. The van der Waals surface area contributed by atoms with Crippen molar-refractivity contribution in [3.05, 3.63) is 101 Å². The van der Waals surface area contributed by atoms with Crippen LogP contribution in [0.1, 0.15) is 61.6 Å². The molecule has 9 nitrogen and oxygen atoms in total. The monoisotopic (exact) mass is 678 g/mol. The number of benzene rings is 3. The van der Waals surface area contributed by atoms with Gasteiger partial charge in [-0.1, -0.05) is 60.8 Å². The summed E-state index contributed by atoms with van der Waals surface area (Å²) in [7, 11) is 0.